The Balaban J connectivity index is 1.50. The van der Waals surface area contributed by atoms with E-state index >= 15 is 0 Å². The van der Waals surface area contributed by atoms with Crippen molar-refractivity contribution in [3.63, 3.8) is 0 Å². The molecule has 0 spiro atoms. The lowest BCUT2D eigenvalue weighted by atomic mass is 9.93. The van der Waals surface area contributed by atoms with E-state index in [0.29, 0.717) is 53.2 Å². The van der Waals surface area contributed by atoms with Crippen molar-refractivity contribution in [3.8, 4) is 5.75 Å². The summed E-state index contributed by atoms with van der Waals surface area (Å²) in [5.41, 5.74) is 8.85. The van der Waals surface area contributed by atoms with Gasteiger partial charge in [-0.25, -0.2) is 9.82 Å². The lowest BCUT2D eigenvalue weighted by Crippen LogP contribution is -2.42. The number of halogens is 1. The summed E-state index contributed by atoms with van der Waals surface area (Å²) < 4.78 is 24.8. The first-order valence-corrected chi connectivity index (χ1v) is 10.9. The maximum absolute atomic E-state index is 13.8. The third-order valence-corrected chi connectivity index (χ3v) is 5.58. The molecule has 0 unspecified atom stereocenters. The van der Waals surface area contributed by atoms with E-state index in [4.69, 9.17) is 9.15 Å². The zero-order valence-corrected chi connectivity index (χ0v) is 19.1. The van der Waals surface area contributed by atoms with Gasteiger partial charge in [-0.15, -0.1) is 0 Å². The van der Waals surface area contributed by atoms with Crippen LogP contribution in [0.1, 0.15) is 61.0 Å². The van der Waals surface area contributed by atoms with E-state index in [9.17, 15) is 18.8 Å². The van der Waals surface area contributed by atoms with E-state index in [1.165, 1.54) is 25.3 Å². The molecule has 1 aromatic heterocycles. The van der Waals surface area contributed by atoms with Crippen LogP contribution in [0.5, 0.6) is 5.75 Å². The quantitative estimate of drug-likeness (QED) is 0.486. The van der Waals surface area contributed by atoms with Crippen LogP contribution in [0.15, 0.2) is 58.0 Å². The molecule has 0 bridgehead atoms. The number of benzene rings is 2. The lowest BCUT2D eigenvalue weighted by Gasteiger charge is -2.14. The van der Waals surface area contributed by atoms with Crippen LogP contribution in [0, 0.1) is 12.7 Å². The van der Waals surface area contributed by atoms with Crippen LogP contribution in [0.3, 0.4) is 0 Å². The minimum atomic E-state index is -0.799. The molecule has 4 rings (SSSR count). The topological polar surface area (TPSA) is 122 Å². The third-order valence-electron chi connectivity index (χ3n) is 5.58. The summed E-state index contributed by atoms with van der Waals surface area (Å²) in [5.74, 6) is -1.66. The Morgan fingerprint density at radius 2 is 1.63 bits per heavy atom. The molecule has 3 aromatic rings. The predicted octanol–water partition coefficient (Wildman–Crippen LogP) is 3.28. The second-order valence-electron chi connectivity index (χ2n) is 7.80. The largest absolute Gasteiger partial charge is 0.496 e. The number of carbonyl (C=O) groups is 3. The lowest BCUT2D eigenvalue weighted by molar-refractivity contribution is 0.0827. The monoisotopic (exact) mass is 478 g/mol. The number of fused-ring (bicyclic) bond motifs is 1. The molecule has 9 nitrogen and oxygen atoms in total. The zero-order valence-electron chi connectivity index (χ0n) is 19.1. The molecular formula is C25H23FN4O5. The summed E-state index contributed by atoms with van der Waals surface area (Å²) >= 11 is 0. The Morgan fingerprint density at radius 1 is 0.943 bits per heavy atom. The van der Waals surface area contributed by atoms with Crippen molar-refractivity contribution in [1.82, 2.24) is 16.3 Å². The van der Waals surface area contributed by atoms with Gasteiger partial charge in [0.05, 0.1) is 23.9 Å². The van der Waals surface area contributed by atoms with Crippen molar-refractivity contribution in [2.75, 3.05) is 7.11 Å². The molecule has 180 valence electrons. The van der Waals surface area contributed by atoms with Crippen LogP contribution >= 0.6 is 0 Å². The first-order valence-electron chi connectivity index (χ1n) is 10.9. The van der Waals surface area contributed by atoms with Gasteiger partial charge in [0.25, 0.3) is 11.8 Å². The Kier molecular flexibility index (Phi) is 6.91. The predicted molar refractivity (Wildman–Crippen MR) is 125 cm³/mol. The number of amides is 3. The van der Waals surface area contributed by atoms with Gasteiger partial charge in [-0.3, -0.25) is 25.2 Å². The maximum atomic E-state index is 13.8. The standard InChI is InChI=1S/C25H23FN4O5/c1-14-21-18(27-28-24(32)16-9-4-6-12-19(16)34-2)11-7-13-20(21)35-22(14)25(33)30-29-23(31)15-8-3-5-10-17(15)26/h3-6,8-10,12H,7,11,13H2,1-2H3,(H,28,32)(H,29,31)(H,30,33)/b27-18+. The van der Waals surface area contributed by atoms with Gasteiger partial charge in [-0.2, -0.15) is 5.10 Å². The molecule has 3 amide bonds. The minimum Gasteiger partial charge on any atom is -0.496 e. The minimum absolute atomic E-state index is 0.00510. The maximum Gasteiger partial charge on any atom is 0.305 e. The van der Waals surface area contributed by atoms with E-state index in [-0.39, 0.29) is 11.3 Å². The molecule has 1 aliphatic carbocycles. The van der Waals surface area contributed by atoms with Gasteiger partial charge in [0.15, 0.2) is 5.76 Å². The first-order chi connectivity index (χ1) is 16.9. The average molecular weight is 478 g/mol. The van der Waals surface area contributed by atoms with E-state index in [0.717, 1.165) is 6.07 Å². The van der Waals surface area contributed by atoms with Gasteiger partial charge >= 0.3 is 5.91 Å². The molecule has 3 N–H and O–H groups in total. The molecule has 35 heavy (non-hydrogen) atoms. The molecule has 0 saturated carbocycles. The second-order valence-corrected chi connectivity index (χ2v) is 7.80. The number of nitrogens with one attached hydrogen (secondary N) is 3. The molecule has 0 saturated heterocycles. The van der Waals surface area contributed by atoms with E-state index < -0.39 is 23.5 Å². The number of methoxy groups -OCH3 is 1. The fraction of sp³-hybridized carbons (Fsp3) is 0.200. The van der Waals surface area contributed by atoms with Crippen molar-refractivity contribution in [2.45, 2.75) is 26.2 Å². The molecule has 0 radical (unpaired) electrons. The highest BCUT2D eigenvalue weighted by molar-refractivity contribution is 6.07. The van der Waals surface area contributed by atoms with Crippen LogP contribution < -0.4 is 21.0 Å². The zero-order chi connectivity index (χ0) is 24.9. The summed E-state index contributed by atoms with van der Waals surface area (Å²) in [4.78, 5) is 37.5. The smallest absolute Gasteiger partial charge is 0.305 e. The number of hydrogen-bond donors (Lipinski definition) is 3. The second kappa shape index (κ2) is 10.2. The van der Waals surface area contributed by atoms with Crippen molar-refractivity contribution >= 4 is 23.4 Å². The number of carbonyl (C=O) groups excluding carboxylic acids is 3. The normalized spacial score (nSPS) is 13.6. The summed E-state index contributed by atoms with van der Waals surface area (Å²) in [6, 6.07) is 12.2. The van der Waals surface area contributed by atoms with Gasteiger partial charge in [-0.05, 0) is 44.0 Å². The van der Waals surface area contributed by atoms with Crippen LogP contribution in [0.25, 0.3) is 0 Å². The van der Waals surface area contributed by atoms with Gasteiger partial charge in [-0.1, -0.05) is 24.3 Å². The molecular weight excluding hydrogens is 455 g/mol. The molecule has 0 atom stereocenters. The Bertz CT molecular complexity index is 1330. The molecule has 10 heteroatoms. The van der Waals surface area contributed by atoms with E-state index in [1.54, 1.807) is 31.2 Å². The third kappa shape index (κ3) is 4.91. The number of ether oxygens (including phenoxy) is 1. The van der Waals surface area contributed by atoms with E-state index in [1.807, 2.05) is 0 Å². The van der Waals surface area contributed by atoms with Gasteiger partial charge < -0.3 is 9.15 Å². The average Bonchev–Trinajstić information content (AvgIpc) is 3.22. The summed E-state index contributed by atoms with van der Waals surface area (Å²) in [6.07, 6.45) is 1.88. The van der Waals surface area contributed by atoms with Crippen LogP contribution in [0.2, 0.25) is 0 Å². The highest BCUT2D eigenvalue weighted by Gasteiger charge is 2.28. The number of aryl methyl sites for hydroxylation is 1. The number of rotatable bonds is 5. The fourth-order valence-electron chi connectivity index (χ4n) is 3.89. The Hall–Kier alpha value is -4.47. The van der Waals surface area contributed by atoms with Crippen molar-refractivity contribution in [3.05, 3.63) is 88.1 Å². The van der Waals surface area contributed by atoms with Crippen LogP contribution in [-0.4, -0.2) is 30.5 Å². The molecule has 0 aliphatic heterocycles. The number of hydrazone groups is 1. The molecule has 0 fully saturated rings. The molecule has 1 heterocycles. The van der Waals surface area contributed by atoms with Crippen LogP contribution in [-0.2, 0) is 6.42 Å². The van der Waals surface area contributed by atoms with Crippen molar-refractivity contribution in [1.29, 1.82) is 0 Å². The van der Waals surface area contributed by atoms with Crippen LogP contribution in [0.4, 0.5) is 4.39 Å². The van der Waals surface area contributed by atoms with E-state index in [2.05, 4.69) is 21.4 Å². The molecule has 2 aromatic carbocycles. The summed E-state index contributed by atoms with van der Waals surface area (Å²) in [5, 5.41) is 4.29. The first kappa shape index (κ1) is 23.7. The Morgan fingerprint density at radius 3 is 2.37 bits per heavy atom. The van der Waals surface area contributed by atoms with Crippen molar-refractivity contribution in [2.24, 2.45) is 5.10 Å². The highest BCUT2D eigenvalue weighted by Crippen LogP contribution is 2.30. The highest BCUT2D eigenvalue weighted by atomic mass is 19.1. The number of nitrogens with zero attached hydrogens (tertiary/aromatic N) is 1. The van der Waals surface area contributed by atoms with Gasteiger partial charge in [0, 0.05) is 17.5 Å². The fourth-order valence-corrected chi connectivity index (χ4v) is 3.89. The van der Waals surface area contributed by atoms with Crippen molar-refractivity contribution < 1.29 is 27.9 Å². The van der Waals surface area contributed by atoms with Gasteiger partial charge in [0.1, 0.15) is 17.3 Å². The summed E-state index contributed by atoms with van der Waals surface area (Å²) in [6.45, 7) is 1.69. The Labute approximate surface area is 200 Å². The number of furan rings is 1. The van der Waals surface area contributed by atoms with Gasteiger partial charge in [0.2, 0.25) is 0 Å². The number of hydrazine groups is 1. The SMILES string of the molecule is COc1ccccc1C(=O)N/N=C1\CCCc2oc(C(=O)NNC(=O)c3ccccc3F)c(C)c21. The molecule has 1 aliphatic rings. The summed E-state index contributed by atoms with van der Waals surface area (Å²) in [7, 11) is 1.48. The number of hydrogen-bond acceptors (Lipinski definition) is 6. The number of para-hydroxylation sites is 1.